The van der Waals surface area contributed by atoms with Crippen LogP contribution in [0.15, 0.2) is 6.07 Å². The molecule has 20 fully saturated rings. The number of hydrogen-bond donors (Lipinski definition) is 0. The van der Waals surface area contributed by atoms with Crippen LogP contribution in [0.2, 0.25) is 0 Å². The van der Waals surface area contributed by atoms with Crippen LogP contribution < -0.4 is 0 Å². The molecule has 0 radical (unpaired) electrons. The Bertz CT molecular complexity index is 1600. The second-order valence-corrected chi connectivity index (χ2v) is 28.1. The molecule has 0 heteroatoms. The monoisotopic (exact) mass is 749 g/mol. The van der Waals surface area contributed by atoms with Gasteiger partial charge in [0.05, 0.1) is 0 Å². The summed E-state index contributed by atoms with van der Waals surface area (Å²) in [7, 11) is 0. The van der Waals surface area contributed by atoms with E-state index in [1.807, 2.05) is 0 Å². The van der Waals surface area contributed by atoms with Crippen LogP contribution in [0.3, 0.4) is 0 Å². The molecule has 0 heterocycles. The minimum atomic E-state index is 0.529. The minimum absolute atomic E-state index is 0.529. The lowest BCUT2D eigenvalue weighted by Crippen LogP contribution is -2.58. The van der Waals surface area contributed by atoms with Crippen LogP contribution >= 0.6 is 0 Å². The fourth-order valence-electron chi connectivity index (χ4n) is 25.3. The number of hydrogen-bond acceptors (Lipinski definition) is 0. The zero-order valence-corrected chi connectivity index (χ0v) is 35.5. The van der Waals surface area contributed by atoms with Crippen molar-refractivity contribution in [3.63, 3.8) is 0 Å². The highest BCUT2D eigenvalue weighted by molar-refractivity contribution is 5.62. The molecule has 0 amide bonds. The van der Waals surface area contributed by atoms with Gasteiger partial charge in [-0.05, 0) is 336 Å². The van der Waals surface area contributed by atoms with Crippen molar-refractivity contribution in [3.8, 4) is 0 Å². The zero-order valence-electron chi connectivity index (χ0n) is 35.5. The van der Waals surface area contributed by atoms with Crippen molar-refractivity contribution in [2.24, 2.45) is 88.8 Å². The summed E-state index contributed by atoms with van der Waals surface area (Å²) in [6.45, 7) is 0. The van der Waals surface area contributed by atoms with E-state index in [1.165, 1.54) is 0 Å². The lowest BCUT2D eigenvalue weighted by Gasteiger charge is -2.66. The quantitative estimate of drug-likeness (QED) is 0.281. The molecule has 0 atom stereocenters. The van der Waals surface area contributed by atoms with Gasteiger partial charge in [0.15, 0.2) is 0 Å². The van der Waals surface area contributed by atoms with E-state index >= 15 is 0 Å². The van der Waals surface area contributed by atoms with Gasteiger partial charge in [0.2, 0.25) is 0 Å². The summed E-state index contributed by atoms with van der Waals surface area (Å²) in [4.78, 5) is 0. The van der Waals surface area contributed by atoms with E-state index in [1.54, 1.807) is 193 Å². The topological polar surface area (TPSA) is 0 Å². The predicted molar refractivity (Wildman–Crippen MR) is 226 cm³/mol. The van der Waals surface area contributed by atoms with E-state index in [2.05, 4.69) is 33.9 Å². The van der Waals surface area contributed by atoms with Gasteiger partial charge in [-0.3, -0.25) is 0 Å². The molecule has 300 valence electrons. The zero-order chi connectivity index (χ0) is 36.0. The molecule has 0 N–H and O–H groups in total. The van der Waals surface area contributed by atoms with E-state index in [0.29, 0.717) is 27.1 Å². The van der Waals surface area contributed by atoms with Gasteiger partial charge in [-0.25, -0.2) is 0 Å². The summed E-state index contributed by atoms with van der Waals surface area (Å²) in [5.74, 6) is 15.8. The molecule has 20 aliphatic carbocycles. The Labute approximate surface area is 341 Å². The van der Waals surface area contributed by atoms with Crippen molar-refractivity contribution < 1.29 is 0 Å². The van der Waals surface area contributed by atoms with Crippen LogP contribution in [-0.4, -0.2) is 0 Å². The molecule has 0 nitrogen and oxygen atoms in total. The molecule has 21 rings (SSSR count). The average Bonchev–Trinajstić information content (AvgIpc) is 3.11. The molecule has 0 spiro atoms. The molecule has 20 saturated carbocycles. The molecular weight excluding hydrogens is 673 g/mol. The maximum Gasteiger partial charge on any atom is -0.00330 e. The van der Waals surface area contributed by atoms with E-state index in [0.717, 1.165) is 88.8 Å². The first kappa shape index (κ1) is 32.9. The third kappa shape index (κ3) is 4.28. The standard InChI is InChI=1S/C56H76/c1-32-2-34-3-33(1)18-52(17-32,19-34)47-16-48(53-20-35-4-36(21-53)6-37(5-35)22-53)50(55-26-41-10-42(27-55)12-43(11-41)28-55)51(56-29-44-13-45(30-56)15-46(14-44)31-56)49(47)54-23-38-7-39(24-54)9-40(8-38)25-54/h16,32-46H,1-15,17-31H2. The summed E-state index contributed by atoms with van der Waals surface area (Å²) in [6.07, 6.45) is 48.5. The minimum Gasteiger partial charge on any atom is -0.0541 e. The van der Waals surface area contributed by atoms with E-state index in [4.69, 9.17) is 0 Å². The molecule has 1 aromatic carbocycles. The van der Waals surface area contributed by atoms with Crippen LogP contribution in [0.1, 0.15) is 220 Å². The second kappa shape index (κ2) is 10.6. The summed E-state index contributed by atoms with van der Waals surface area (Å²) >= 11 is 0. The SMILES string of the molecule is c1c(C23CC4CC(CC(C4)C2)C3)c(C23CC4CC(CC(C4)C2)C3)c(C23CC4CC(CC(C4)C2)C3)c(C23CC4CC(CC(C4)C2)C3)c1C12CC3CC(CC(C3)C1)C2. The molecule has 1 aromatic rings. The van der Waals surface area contributed by atoms with Crippen LogP contribution in [0, 0.1) is 88.8 Å². The van der Waals surface area contributed by atoms with Gasteiger partial charge in [0.25, 0.3) is 0 Å². The lowest BCUT2D eigenvalue weighted by molar-refractivity contribution is -0.0325. The molecule has 20 bridgehead atoms. The highest BCUT2D eigenvalue weighted by Crippen LogP contribution is 2.74. The molecule has 0 aromatic heterocycles. The number of rotatable bonds is 5. The highest BCUT2D eigenvalue weighted by Gasteiger charge is 2.65. The Hall–Kier alpha value is -0.780. The lowest BCUT2D eigenvalue weighted by atomic mass is 9.38. The van der Waals surface area contributed by atoms with E-state index < -0.39 is 0 Å². The first-order valence-electron chi connectivity index (χ1n) is 26.5. The maximum atomic E-state index is 3.38. The van der Waals surface area contributed by atoms with Crippen LogP contribution in [0.25, 0.3) is 0 Å². The third-order valence-corrected chi connectivity index (χ3v) is 24.3. The van der Waals surface area contributed by atoms with Crippen LogP contribution in [0.4, 0.5) is 0 Å². The Morgan fingerprint density at radius 2 is 0.375 bits per heavy atom. The van der Waals surface area contributed by atoms with Crippen molar-refractivity contribution in [2.45, 2.75) is 220 Å². The van der Waals surface area contributed by atoms with Gasteiger partial charge in [-0.1, -0.05) is 6.07 Å². The van der Waals surface area contributed by atoms with Gasteiger partial charge >= 0.3 is 0 Å². The molecule has 20 aliphatic rings. The summed E-state index contributed by atoms with van der Waals surface area (Å²) < 4.78 is 0. The first-order chi connectivity index (χ1) is 27.3. The van der Waals surface area contributed by atoms with Gasteiger partial charge in [-0.2, -0.15) is 0 Å². The summed E-state index contributed by atoms with van der Waals surface area (Å²) in [5.41, 5.74) is 13.9. The largest absolute Gasteiger partial charge is 0.0541 e. The molecule has 0 unspecified atom stereocenters. The smallest absolute Gasteiger partial charge is 0.00330 e. The Kier molecular flexibility index (Phi) is 6.25. The molecular formula is C56H76. The van der Waals surface area contributed by atoms with Crippen LogP contribution in [-0.2, 0) is 27.1 Å². The molecule has 0 saturated heterocycles. The fraction of sp³-hybridized carbons (Fsp3) is 0.893. The van der Waals surface area contributed by atoms with Gasteiger partial charge in [0, 0.05) is 0 Å². The Morgan fingerprint density at radius 1 is 0.214 bits per heavy atom. The Balaban J connectivity index is 1.05. The van der Waals surface area contributed by atoms with Crippen LogP contribution in [0.5, 0.6) is 0 Å². The third-order valence-electron chi connectivity index (χ3n) is 24.3. The van der Waals surface area contributed by atoms with Crippen molar-refractivity contribution in [1.29, 1.82) is 0 Å². The van der Waals surface area contributed by atoms with Crippen molar-refractivity contribution >= 4 is 0 Å². The van der Waals surface area contributed by atoms with Gasteiger partial charge in [0.1, 0.15) is 0 Å². The number of benzene rings is 1. The predicted octanol–water partition coefficient (Wildman–Crippen LogP) is 14.0. The van der Waals surface area contributed by atoms with Gasteiger partial charge < -0.3 is 0 Å². The normalized spacial score (nSPS) is 60.7. The fourth-order valence-corrected chi connectivity index (χ4v) is 25.3. The highest BCUT2D eigenvalue weighted by atomic mass is 14.7. The molecule has 56 heavy (non-hydrogen) atoms. The molecule has 0 aliphatic heterocycles. The van der Waals surface area contributed by atoms with E-state index in [9.17, 15) is 0 Å². The van der Waals surface area contributed by atoms with Crippen molar-refractivity contribution in [2.75, 3.05) is 0 Å². The summed E-state index contributed by atoms with van der Waals surface area (Å²) in [6, 6.07) is 3.38. The van der Waals surface area contributed by atoms with Crippen molar-refractivity contribution in [3.05, 3.63) is 33.9 Å². The van der Waals surface area contributed by atoms with Crippen molar-refractivity contribution in [1.82, 2.24) is 0 Å². The van der Waals surface area contributed by atoms with Gasteiger partial charge in [-0.15, -0.1) is 0 Å². The second-order valence-electron chi connectivity index (χ2n) is 28.1. The Morgan fingerprint density at radius 3 is 0.571 bits per heavy atom. The average molecular weight is 749 g/mol. The summed E-state index contributed by atoms with van der Waals surface area (Å²) in [5, 5.41) is 0. The maximum absolute atomic E-state index is 3.38. The van der Waals surface area contributed by atoms with E-state index in [-0.39, 0.29) is 0 Å². The first-order valence-corrected chi connectivity index (χ1v) is 26.5.